The summed E-state index contributed by atoms with van der Waals surface area (Å²) in [5.74, 6) is 1.23. The highest BCUT2D eigenvalue weighted by atomic mass is 32.2. The summed E-state index contributed by atoms with van der Waals surface area (Å²) in [6, 6.07) is 9.67. The second-order valence-corrected chi connectivity index (χ2v) is 7.50. The van der Waals surface area contributed by atoms with E-state index in [1.165, 1.54) is 10.8 Å². The van der Waals surface area contributed by atoms with Crippen LogP contribution in [0.3, 0.4) is 0 Å². The Balaban J connectivity index is 1.57. The van der Waals surface area contributed by atoms with E-state index in [1.54, 1.807) is 6.20 Å². The second-order valence-electron chi connectivity index (χ2n) is 6.34. The Labute approximate surface area is 157 Å². The fourth-order valence-electron chi connectivity index (χ4n) is 3.23. The molecule has 2 aliphatic heterocycles. The molecule has 1 atom stereocenters. The molecule has 1 unspecified atom stereocenters. The van der Waals surface area contributed by atoms with Gasteiger partial charge in [0.1, 0.15) is 6.61 Å². The lowest BCUT2D eigenvalue weighted by Gasteiger charge is -2.26. The predicted octanol–water partition coefficient (Wildman–Crippen LogP) is 1.52. The number of amides is 1. The van der Waals surface area contributed by atoms with Gasteiger partial charge in [0.15, 0.2) is 27.6 Å². The van der Waals surface area contributed by atoms with Crippen molar-refractivity contribution in [2.75, 3.05) is 25.1 Å². The molecule has 0 bridgehead atoms. The third-order valence-electron chi connectivity index (χ3n) is 4.60. The third-order valence-corrected chi connectivity index (χ3v) is 5.65. The molecule has 1 amide bonds. The number of nitrogens with one attached hydrogen (secondary N) is 1. The molecule has 2 aliphatic rings. The lowest BCUT2D eigenvalue weighted by molar-refractivity contribution is -0.114. The largest absolute Gasteiger partial charge is 0.488 e. The lowest BCUT2D eigenvalue weighted by atomic mass is 10.1. The van der Waals surface area contributed by atoms with Gasteiger partial charge in [-0.05, 0) is 24.3 Å². The Morgan fingerprint density at radius 3 is 2.96 bits per heavy atom. The summed E-state index contributed by atoms with van der Waals surface area (Å²) < 4.78 is 21.5. The summed E-state index contributed by atoms with van der Waals surface area (Å²) in [6.45, 7) is 1.46. The van der Waals surface area contributed by atoms with E-state index in [4.69, 9.17) is 9.72 Å². The third kappa shape index (κ3) is 2.58. The summed E-state index contributed by atoms with van der Waals surface area (Å²) in [6.07, 6.45) is 2.99. The first-order valence-corrected chi connectivity index (χ1v) is 9.53. The van der Waals surface area contributed by atoms with Crippen molar-refractivity contribution in [2.24, 2.45) is 0 Å². The van der Waals surface area contributed by atoms with Gasteiger partial charge in [-0.25, -0.2) is 13.9 Å². The minimum atomic E-state index is -1.59. The SMILES string of the molecule is CN1CCOc2ccc(-c3ccc4c(cnn4C4=CC(=O)NS4=O)c3)nc21. The number of anilines is 1. The maximum atomic E-state index is 12.0. The van der Waals surface area contributed by atoms with E-state index in [0.29, 0.717) is 11.6 Å². The molecule has 0 radical (unpaired) electrons. The Morgan fingerprint density at radius 1 is 1.26 bits per heavy atom. The van der Waals surface area contributed by atoms with Gasteiger partial charge in [-0.15, -0.1) is 0 Å². The van der Waals surface area contributed by atoms with Crippen molar-refractivity contribution in [3.8, 4) is 17.0 Å². The topological polar surface area (TPSA) is 89.4 Å². The number of carbonyl (C=O) groups excluding carboxylic acids is 1. The van der Waals surface area contributed by atoms with Crippen LogP contribution in [-0.2, 0) is 15.8 Å². The number of hydrogen-bond acceptors (Lipinski definition) is 6. The average molecular weight is 381 g/mol. The van der Waals surface area contributed by atoms with E-state index in [0.717, 1.165) is 40.3 Å². The first-order chi connectivity index (χ1) is 13.1. The summed E-state index contributed by atoms with van der Waals surface area (Å²) in [4.78, 5) is 18.2. The number of hydrogen-bond donors (Lipinski definition) is 1. The van der Waals surface area contributed by atoms with Gasteiger partial charge in [-0.2, -0.15) is 5.10 Å². The zero-order chi connectivity index (χ0) is 18.5. The standard InChI is InChI=1S/C18H15N5O3S/c1-22-6-7-26-15-5-3-13(20-18(15)22)11-2-4-14-12(8-11)10-19-23(14)17-9-16(24)21-27(17)25/h2-5,8-10H,6-7H2,1H3,(H,21,24). The molecule has 0 saturated heterocycles. The van der Waals surface area contributed by atoms with Crippen LogP contribution in [0.15, 0.2) is 42.6 Å². The van der Waals surface area contributed by atoms with Crippen LogP contribution in [0.5, 0.6) is 5.75 Å². The molecule has 1 N–H and O–H groups in total. The van der Waals surface area contributed by atoms with Crippen LogP contribution in [0.4, 0.5) is 5.82 Å². The van der Waals surface area contributed by atoms with E-state index in [1.807, 2.05) is 37.4 Å². The molecule has 136 valence electrons. The van der Waals surface area contributed by atoms with Crippen molar-refractivity contribution in [3.63, 3.8) is 0 Å². The Hall–Kier alpha value is -3.20. The van der Waals surface area contributed by atoms with Crippen molar-refractivity contribution >= 4 is 38.6 Å². The number of fused-ring (bicyclic) bond motifs is 2. The van der Waals surface area contributed by atoms with Crippen LogP contribution < -0.4 is 14.4 Å². The van der Waals surface area contributed by atoms with Gasteiger partial charge in [-0.3, -0.25) is 9.52 Å². The van der Waals surface area contributed by atoms with Crippen LogP contribution in [0, 0.1) is 0 Å². The molecule has 0 aliphatic carbocycles. The molecule has 4 heterocycles. The van der Waals surface area contributed by atoms with Crippen molar-refractivity contribution < 1.29 is 13.7 Å². The molecule has 0 spiro atoms. The van der Waals surface area contributed by atoms with E-state index in [2.05, 4.69) is 14.7 Å². The number of rotatable bonds is 2. The Morgan fingerprint density at radius 2 is 2.15 bits per heavy atom. The van der Waals surface area contributed by atoms with Crippen molar-refractivity contribution in [3.05, 3.63) is 42.6 Å². The first kappa shape index (κ1) is 16.0. The van der Waals surface area contributed by atoms with E-state index in [9.17, 15) is 9.00 Å². The molecule has 3 aromatic rings. The summed E-state index contributed by atoms with van der Waals surface area (Å²) in [7, 11) is 0.403. The second kappa shape index (κ2) is 5.92. The smallest absolute Gasteiger partial charge is 0.258 e. The fourth-order valence-corrected chi connectivity index (χ4v) is 4.09. The normalized spacial score (nSPS) is 18.9. The van der Waals surface area contributed by atoms with Gasteiger partial charge >= 0.3 is 0 Å². The lowest BCUT2D eigenvalue weighted by Crippen LogP contribution is -2.29. The average Bonchev–Trinajstić information content (AvgIpc) is 3.23. The van der Waals surface area contributed by atoms with Gasteiger partial charge < -0.3 is 9.64 Å². The molecular weight excluding hydrogens is 366 g/mol. The van der Waals surface area contributed by atoms with Gasteiger partial charge in [0.2, 0.25) is 0 Å². The van der Waals surface area contributed by atoms with E-state index < -0.39 is 11.0 Å². The molecule has 0 fully saturated rings. The molecule has 8 nitrogen and oxygen atoms in total. The van der Waals surface area contributed by atoms with E-state index in [-0.39, 0.29) is 5.91 Å². The molecule has 1 aromatic carbocycles. The first-order valence-electron chi connectivity index (χ1n) is 8.38. The Kier molecular flexibility index (Phi) is 3.51. The maximum Gasteiger partial charge on any atom is 0.258 e. The minimum Gasteiger partial charge on any atom is -0.488 e. The molecule has 9 heteroatoms. The highest BCUT2D eigenvalue weighted by Gasteiger charge is 2.23. The molecular formula is C18H15N5O3S. The van der Waals surface area contributed by atoms with Gasteiger partial charge in [0, 0.05) is 24.1 Å². The van der Waals surface area contributed by atoms with E-state index >= 15 is 0 Å². The molecule has 2 aromatic heterocycles. The number of carbonyl (C=O) groups is 1. The van der Waals surface area contributed by atoms with Crippen LogP contribution in [-0.4, -0.2) is 45.1 Å². The van der Waals surface area contributed by atoms with Crippen molar-refractivity contribution in [2.45, 2.75) is 0 Å². The van der Waals surface area contributed by atoms with Gasteiger partial charge in [0.05, 0.1) is 24.0 Å². The monoisotopic (exact) mass is 381 g/mol. The maximum absolute atomic E-state index is 12.0. The number of aromatic nitrogens is 3. The highest BCUT2D eigenvalue weighted by molar-refractivity contribution is 7.93. The van der Waals surface area contributed by atoms with Crippen LogP contribution in [0.2, 0.25) is 0 Å². The fraction of sp³-hybridized carbons (Fsp3) is 0.167. The predicted molar refractivity (Wildman–Crippen MR) is 102 cm³/mol. The minimum absolute atomic E-state index is 0.327. The Bertz CT molecular complexity index is 1150. The van der Waals surface area contributed by atoms with Crippen LogP contribution >= 0.6 is 0 Å². The molecule has 0 saturated carbocycles. The zero-order valence-corrected chi connectivity index (χ0v) is 15.2. The summed E-state index contributed by atoms with van der Waals surface area (Å²) in [5, 5.41) is 5.49. The number of ether oxygens (including phenoxy) is 1. The number of likely N-dealkylation sites (N-methyl/N-ethyl adjacent to an activating group) is 1. The molecule has 5 rings (SSSR count). The summed E-state index contributed by atoms with van der Waals surface area (Å²) in [5.41, 5.74) is 2.55. The highest BCUT2D eigenvalue weighted by Crippen LogP contribution is 2.33. The van der Waals surface area contributed by atoms with Crippen molar-refractivity contribution in [1.29, 1.82) is 0 Å². The number of benzene rings is 1. The molecule has 27 heavy (non-hydrogen) atoms. The van der Waals surface area contributed by atoms with Crippen molar-refractivity contribution in [1.82, 2.24) is 19.5 Å². The van der Waals surface area contributed by atoms with Gasteiger partial charge in [-0.1, -0.05) is 6.07 Å². The number of nitrogens with zero attached hydrogens (tertiary/aromatic N) is 4. The van der Waals surface area contributed by atoms with Gasteiger partial charge in [0.25, 0.3) is 5.91 Å². The summed E-state index contributed by atoms with van der Waals surface area (Å²) >= 11 is 0. The number of pyridine rings is 1. The van der Waals surface area contributed by atoms with Crippen LogP contribution in [0.25, 0.3) is 27.2 Å². The zero-order valence-electron chi connectivity index (χ0n) is 14.4. The quantitative estimate of drug-likeness (QED) is 0.724. The van der Waals surface area contributed by atoms with Crippen LogP contribution in [0.1, 0.15) is 0 Å².